The molecule has 31 heavy (non-hydrogen) atoms. The van der Waals surface area contributed by atoms with Crippen molar-refractivity contribution in [3.63, 3.8) is 0 Å². The number of nitrogens with one attached hydrogen (secondary N) is 1. The molecule has 2 aromatic heterocycles. The molecule has 9 nitrogen and oxygen atoms in total. The van der Waals surface area contributed by atoms with Crippen molar-refractivity contribution in [2.75, 3.05) is 5.43 Å². The Morgan fingerprint density at radius 1 is 1.03 bits per heavy atom. The van der Waals surface area contributed by atoms with E-state index in [1.807, 2.05) is 30.3 Å². The predicted molar refractivity (Wildman–Crippen MR) is 120 cm³/mol. The van der Waals surface area contributed by atoms with Gasteiger partial charge in [0, 0.05) is 20.6 Å². The van der Waals surface area contributed by atoms with Gasteiger partial charge >= 0.3 is 5.69 Å². The number of hydrazone groups is 1. The van der Waals surface area contributed by atoms with Crippen LogP contribution in [0.4, 0.5) is 5.95 Å². The third-order valence-electron chi connectivity index (χ3n) is 5.09. The number of anilines is 1. The molecular formula is C22H22N6O3. The minimum absolute atomic E-state index is 0.171. The average molecular weight is 418 g/mol. The van der Waals surface area contributed by atoms with Gasteiger partial charge in [-0.3, -0.25) is 13.9 Å². The van der Waals surface area contributed by atoms with E-state index in [4.69, 9.17) is 0 Å². The molecule has 0 fully saturated rings. The molecule has 0 spiro atoms. The fraction of sp³-hybridized carbons (Fsp3) is 0.182. The molecular weight excluding hydrogens is 396 g/mol. The topological polar surface area (TPSA) is 106 Å². The zero-order chi connectivity index (χ0) is 22.0. The Morgan fingerprint density at radius 2 is 1.74 bits per heavy atom. The molecule has 4 rings (SSSR count). The fourth-order valence-electron chi connectivity index (χ4n) is 3.36. The summed E-state index contributed by atoms with van der Waals surface area (Å²) in [6.07, 6.45) is 2.26. The highest BCUT2D eigenvalue weighted by molar-refractivity contribution is 5.80. The number of nitrogens with zero attached hydrogens (tertiary/aromatic N) is 5. The molecule has 2 N–H and O–H groups in total. The standard InChI is InChI=1S/C22H22N6O3/c1-26-19-18(20(30)27(2)22(26)31)28(13-12-15-6-4-3-5-7-15)21(24-19)25-23-14-16-8-10-17(29)11-9-16/h3-11,14,29H,12-13H2,1-2H3,(H,24,25). The third kappa shape index (κ3) is 3.97. The number of fused-ring (bicyclic) bond motifs is 1. The van der Waals surface area contributed by atoms with Crippen molar-refractivity contribution in [2.24, 2.45) is 19.2 Å². The van der Waals surface area contributed by atoms with Crippen molar-refractivity contribution in [1.29, 1.82) is 0 Å². The smallest absolute Gasteiger partial charge is 0.332 e. The number of aryl methyl sites for hydroxylation is 3. The molecule has 2 heterocycles. The largest absolute Gasteiger partial charge is 0.508 e. The van der Waals surface area contributed by atoms with E-state index in [0.717, 1.165) is 15.7 Å². The quantitative estimate of drug-likeness (QED) is 0.367. The molecule has 9 heteroatoms. The Bertz CT molecular complexity index is 1370. The first-order chi connectivity index (χ1) is 15.0. The van der Waals surface area contributed by atoms with Crippen LogP contribution in [0.25, 0.3) is 11.2 Å². The van der Waals surface area contributed by atoms with Crippen LogP contribution < -0.4 is 16.7 Å². The second-order valence-electron chi connectivity index (χ2n) is 7.16. The lowest BCUT2D eigenvalue weighted by molar-refractivity contribution is 0.475. The molecule has 0 atom stereocenters. The van der Waals surface area contributed by atoms with Gasteiger partial charge in [-0.15, -0.1) is 0 Å². The SMILES string of the molecule is Cn1c(=O)c2c(nc(NN=Cc3ccc(O)cc3)n2CCc2ccccc2)n(C)c1=O. The monoisotopic (exact) mass is 418 g/mol. The van der Waals surface area contributed by atoms with Crippen LogP contribution in [-0.2, 0) is 27.1 Å². The highest BCUT2D eigenvalue weighted by atomic mass is 16.3. The molecule has 0 radical (unpaired) electrons. The van der Waals surface area contributed by atoms with Crippen molar-refractivity contribution < 1.29 is 5.11 Å². The first-order valence-corrected chi connectivity index (χ1v) is 9.74. The third-order valence-corrected chi connectivity index (χ3v) is 5.09. The number of aromatic nitrogens is 4. The number of hydrogen-bond acceptors (Lipinski definition) is 6. The lowest BCUT2D eigenvalue weighted by Gasteiger charge is -2.09. The summed E-state index contributed by atoms with van der Waals surface area (Å²) in [4.78, 5) is 29.7. The van der Waals surface area contributed by atoms with Crippen LogP contribution in [-0.4, -0.2) is 30.0 Å². The Balaban J connectivity index is 1.74. The molecule has 0 saturated carbocycles. The first-order valence-electron chi connectivity index (χ1n) is 9.74. The van der Waals surface area contributed by atoms with E-state index in [1.165, 1.54) is 11.6 Å². The summed E-state index contributed by atoms with van der Waals surface area (Å²) in [5, 5.41) is 13.6. The van der Waals surface area contributed by atoms with E-state index in [1.54, 1.807) is 42.1 Å². The van der Waals surface area contributed by atoms with Crippen molar-refractivity contribution in [3.05, 3.63) is 86.6 Å². The molecule has 0 aliphatic rings. The van der Waals surface area contributed by atoms with Gasteiger partial charge in [0.25, 0.3) is 5.56 Å². The number of rotatable bonds is 6. The summed E-state index contributed by atoms with van der Waals surface area (Å²) < 4.78 is 4.18. The van der Waals surface area contributed by atoms with Gasteiger partial charge in [-0.25, -0.2) is 10.2 Å². The summed E-state index contributed by atoms with van der Waals surface area (Å²) in [6.45, 7) is 0.477. The average Bonchev–Trinajstić information content (AvgIpc) is 3.15. The van der Waals surface area contributed by atoms with Crippen LogP contribution in [0.2, 0.25) is 0 Å². The maximum Gasteiger partial charge on any atom is 0.332 e. The maximum atomic E-state index is 12.9. The van der Waals surface area contributed by atoms with Crippen molar-refractivity contribution in [2.45, 2.75) is 13.0 Å². The Hall–Kier alpha value is -4.14. The Labute approximate surface area is 177 Å². The highest BCUT2D eigenvalue weighted by Gasteiger charge is 2.18. The number of phenols is 1. The normalized spacial score (nSPS) is 11.4. The zero-order valence-corrected chi connectivity index (χ0v) is 17.2. The number of imidazole rings is 1. The van der Waals surface area contributed by atoms with E-state index >= 15 is 0 Å². The van der Waals surface area contributed by atoms with Gasteiger partial charge in [0.2, 0.25) is 5.95 Å². The second kappa shape index (κ2) is 8.31. The van der Waals surface area contributed by atoms with Gasteiger partial charge in [0.1, 0.15) is 5.75 Å². The highest BCUT2D eigenvalue weighted by Crippen LogP contribution is 2.17. The number of hydrogen-bond donors (Lipinski definition) is 2. The van der Waals surface area contributed by atoms with Crippen LogP contribution in [0.1, 0.15) is 11.1 Å². The lowest BCUT2D eigenvalue weighted by Crippen LogP contribution is -2.37. The molecule has 2 aromatic carbocycles. The molecule has 158 valence electrons. The van der Waals surface area contributed by atoms with E-state index in [0.29, 0.717) is 30.1 Å². The van der Waals surface area contributed by atoms with Crippen molar-refractivity contribution in [1.82, 2.24) is 18.7 Å². The number of aromatic hydroxyl groups is 1. The molecule has 0 amide bonds. The van der Waals surface area contributed by atoms with Crippen molar-refractivity contribution in [3.8, 4) is 5.75 Å². The number of phenolic OH excluding ortho intramolecular Hbond substituents is 1. The predicted octanol–water partition coefficient (Wildman–Crippen LogP) is 1.83. The summed E-state index contributed by atoms with van der Waals surface area (Å²) in [6, 6.07) is 16.5. The van der Waals surface area contributed by atoms with Gasteiger partial charge in [-0.05, 0) is 41.8 Å². The van der Waals surface area contributed by atoms with Gasteiger partial charge in [0.05, 0.1) is 6.21 Å². The van der Waals surface area contributed by atoms with Gasteiger partial charge in [0.15, 0.2) is 11.2 Å². The van der Waals surface area contributed by atoms with Crippen molar-refractivity contribution >= 4 is 23.3 Å². The van der Waals surface area contributed by atoms with Crippen LogP contribution >= 0.6 is 0 Å². The second-order valence-corrected chi connectivity index (χ2v) is 7.16. The fourth-order valence-corrected chi connectivity index (χ4v) is 3.36. The van der Waals surface area contributed by atoms with Gasteiger partial charge < -0.3 is 9.67 Å². The molecule has 0 aliphatic heterocycles. The van der Waals surface area contributed by atoms with Crippen LogP contribution in [0.3, 0.4) is 0 Å². The molecule has 0 unspecified atom stereocenters. The Morgan fingerprint density at radius 3 is 2.45 bits per heavy atom. The Kier molecular flexibility index (Phi) is 5.40. The molecule has 0 bridgehead atoms. The number of benzene rings is 2. The molecule has 0 saturated heterocycles. The maximum absolute atomic E-state index is 12.9. The van der Waals surface area contributed by atoms with Crippen LogP contribution in [0, 0.1) is 0 Å². The van der Waals surface area contributed by atoms with E-state index in [2.05, 4.69) is 15.5 Å². The minimum atomic E-state index is -0.440. The van der Waals surface area contributed by atoms with E-state index in [9.17, 15) is 14.7 Å². The van der Waals surface area contributed by atoms with Crippen LogP contribution in [0.5, 0.6) is 5.75 Å². The molecule has 0 aliphatic carbocycles. The summed E-state index contributed by atoms with van der Waals surface area (Å²) in [5.74, 6) is 0.531. The zero-order valence-electron chi connectivity index (χ0n) is 17.2. The van der Waals surface area contributed by atoms with Crippen LogP contribution in [0.15, 0.2) is 69.3 Å². The van der Waals surface area contributed by atoms with E-state index < -0.39 is 11.2 Å². The summed E-state index contributed by atoms with van der Waals surface area (Å²) in [7, 11) is 3.04. The molecule has 4 aromatic rings. The van der Waals surface area contributed by atoms with E-state index in [-0.39, 0.29) is 5.75 Å². The first kappa shape index (κ1) is 20.1. The van der Waals surface area contributed by atoms with Gasteiger partial charge in [-0.1, -0.05) is 30.3 Å². The van der Waals surface area contributed by atoms with Gasteiger partial charge in [-0.2, -0.15) is 10.1 Å². The lowest BCUT2D eigenvalue weighted by atomic mass is 10.1. The minimum Gasteiger partial charge on any atom is -0.508 e. The summed E-state index contributed by atoms with van der Waals surface area (Å²) >= 11 is 0. The summed E-state index contributed by atoms with van der Waals surface area (Å²) in [5.41, 5.74) is 4.57.